The predicted molar refractivity (Wildman–Crippen MR) is 102 cm³/mol. The molecule has 0 aliphatic rings. The Morgan fingerprint density at radius 2 is 1.82 bits per heavy atom. The quantitative estimate of drug-likeness (QED) is 0.725. The van der Waals surface area contributed by atoms with Crippen molar-refractivity contribution in [2.24, 2.45) is 0 Å². The van der Waals surface area contributed by atoms with Gasteiger partial charge in [-0.05, 0) is 41.7 Å². The Hall–Kier alpha value is -2.96. The van der Waals surface area contributed by atoms with Gasteiger partial charge in [-0.1, -0.05) is 38.1 Å². The van der Waals surface area contributed by atoms with Gasteiger partial charge in [-0.2, -0.15) is 0 Å². The fraction of sp³-hybridized carbons (Fsp3) is 0.333. The minimum atomic E-state index is -1.17. The Morgan fingerprint density at radius 3 is 2.46 bits per heavy atom. The summed E-state index contributed by atoms with van der Waals surface area (Å²) in [6, 6.07) is 9.31. The van der Waals surface area contributed by atoms with Crippen LogP contribution < -0.4 is 15.4 Å². The minimum Gasteiger partial charge on any atom is -0.483 e. The molecule has 7 heteroatoms. The zero-order chi connectivity index (χ0) is 20.7. The van der Waals surface area contributed by atoms with Gasteiger partial charge in [0.25, 0.3) is 5.91 Å². The first-order valence-corrected chi connectivity index (χ1v) is 9.05. The molecule has 5 nitrogen and oxygen atoms in total. The van der Waals surface area contributed by atoms with E-state index >= 15 is 0 Å². The second-order valence-electron chi connectivity index (χ2n) is 6.42. The summed E-state index contributed by atoms with van der Waals surface area (Å²) in [4.78, 5) is 24.5. The van der Waals surface area contributed by atoms with E-state index in [0.717, 1.165) is 24.1 Å². The zero-order valence-electron chi connectivity index (χ0n) is 16.1. The van der Waals surface area contributed by atoms with Gasteiger partial charge < -0.3 is 15.4 Å². The topological polar surface area (TPSA) is 67.4 Å². The maximum Gasteiger partial charge on any atom is 0.258 e. The molecule has 0 aromatic heterocycles. The van der Waals surface area contributed by atoms with Crippen LogP contribution in [0.5, 0.6) is 5.75 Å². The monoisotopic (exact) mass is 390 g/mol. The summed E-state index contributed by atoms with van der Waals surface area (Å²) in [5.41, 5.74) is 1.12. The van der Waals surface area contributed by atoms with E-state index < -0.39 is 29.5 Å². The van der Waals surface area contributed by atoms with Gasteiger partial charge in [0, 0.05) is 7.05 Å². The van der Waals surface area contributed by atoms with Crippen molar-refractivity contribution in [3.05, 3.63) is 65.2 Å². The fourth-order valence-corrected chi connectivity index (χ4v) is 2.72. The smallest absolute Gasteiger partial charge is 0.258 e. The van der Waals surface area contributed by atoms with Crippen LogP contribution >= 0.6 is 0 Å². The molecule has 2 atom stereocenters. The van der Waals surface area contributed by atoms with Crippen LogP contribution in [-0.4, -0.2) is 25.5 Å². The van der Waals surface area contributed by atoms with E-state index in [1.165, 1.54) is 13.1 Å². The maximum atomic E-state index is 13.5. The second-order valence-corrected chi connectivity index (χ2v) is 6.42. The Morgan fingerprint density at radius 1 is 1.11 bits per heavy atom. The van der Waals surface area contributed by atoms with E-state index in [-0.39, 0.29) is 18.1 Å². The first kappa shape index (κ1) is 21.3. The summed E-state index contributed by atoms with van der Waals surface area (Å²) in [5, 5.41) is 4.90. The molecule has 0 aliphatic heterocycles. The third-order valence-corrected chi connectivity index (χ3v) is 4.51. The second kappa shape index (κ2) is 9.82. The van der Waals surface area contributed by atoms with Crippen LogP contribution in [0.25, 0.3) is 0 Å². The zero-order valence-corrected chi connectivity index (χ0v) is 16.1. The fourth-order valence-electron chi connectivity index (χ4n) is 2.72. The number of carbonyl (C=O) groups is 2. The molecule has 2 aromatic carbocycles. The summed E-state index contributed by atoms with van der Waals surface area (Å²) >= 11 is 0. The van der Waals surface area contributed by atoms with E-state index in [1.54, 1.807) is 6.07 Å². The van der Waals surface area contributed by atoms with Gasteiger partial charge >= 0.3 is 0 Å². The lowest BCUT2D eigenvalue weighted by Crippen LogP contribution is -2.41. The van der Waals surface area contributed by atoms with Crippen LogP contribution in [0.2, 0.25) is 0 Å². The number of nitrogens with one attached hydrogen (secondary N) is 2. The van der Waals surface area contributed by atoms with Gasteiger partial charge in [-0.25, -0.2) is 8.78 Å². The lowest BCUT2D eigenvalue weighted by atomic mass is 9.98. The molecular weight excluding hydrogens is 366 g/mol. The highest BCUT2D eigenvalue weighted by Crippen LogP contribution is 2.28. The molecule has 0 aliphatic carbocycles. The maximum absolute atomic E-state index is 13.5. The van der Waals surface area contributed by atoms with Crippen LogP contribution in [0.4, 0.5) is 8.78 Å². The van der Waals surface area contributed by atoms with Gasteiger partial charge in [0.05, 0.1) is 0 Å². The first-order valence-electron chi connectivity index (χ1n) is 9.05. The minimum absolute atomic E-state index is 0.131. The molecule has 0 heterocycles. The number of ether oxygens (including phenoxy) is 1. The Balaban J connectivity index is 2.10. The summed E-state index contributed by atoms with van der Waals surface area (Å²) in [5.74, 6) is -2.39. The lowest BCUT2D eigenvalue weighted by molar-refractivity contribution is -0.129. The van der Waals surface area contributed by atoms with Crippen molar-refractivity contribution >= 4 is 11.8 Å². The number of carbonyl (C=O) groups excluding carboxylic acids is 2. The van der Waals surface area contributed by atoms with Crippen LogP contribution in [-0.2, 0) is 9.59 Å². The highest BCUT2D eigenvalue weighted by molar-refractivity contribution is 5.89. The van der Waals surface area contributed by atoms with Gasteiger partial charge in [0.2, 0.25) is 5.91 Å². The molecule has 0 saturated carbocycles. The number of benzene rings is 2. The first-order chi connectivity index (χ1) is 13.4. The summed E-state index contributed by atoms with van der Waals surface area (Å²) in [6.07, 6.45) is 0.918. The highest BCUT2D eigenvalue weighted by atomic mass is 19.2. The molecule has 0 fully saturated rings. The van der Waals surface area contributed by atoms with Crippen LogP contribution in [0.3, 0.4) is 0 Å². The predicted octanol–water partition coefficient (Wildman–Crippen LogP) is 3.46. The van der Waals surface area contributed by atoms with Crippen molar-refractivity contribution < 1.29 is 23.1 Å². The molecule has 0 bridgehead atoms. The normalized spacial score (nSPS) is 12.8. The number of likely N-dealkylation sites (N-methyl/N-ethyl adjacent to an activating group) is 1. The summed E-state index contributed by atoms with van der Waals surface area (Å²) in [7, 11) is 1.39. The van der Waals surface area contributed by atoms with Crippen molar-refractivity contribution in [1.29, 1.82) is 0 Å². The van der Waals surface area contributed by atoms with Crippen molar-refractivity contribution in [2.75, 3.05) is 13.7 Å². The Labute approximate surface area is 163 Å². The SMILES string of the molecule is CCC(C)c1ccccc1OCC(=O)NC(C(=O)NC)c1ccc(F)c(F)c1. The Bertz CT molecular complexity index is 842. The Kier molecular flexibility index (Phi) is 7.49. The van der Waals surface area contributed by atoms with Gasteiger partial charge in [-0.15, -0.1) is 0 Å². The van der Waals surface area contributed by atoms with Crippen molar-refractivity contribution in [2.45, 2.75) is 32.2 Å². The van der Waals surface area contributed by atoms with E-state index in [1.807, 2.05) is 18.2 Å². The molecule has 2 N–H and O–H groups in total. The van der Waals surface area contributed by atoms with E-state index in [2.05, 4.69) is 24.5 Å². The van der Waals surface area contributed by atoms with Crippen LogP contribution in [0.1, 0.15) is 43.4 Å². The van der Waals surface area contributed by atoms with Gasteiger partial charge in [0.15, 0.2) is 18.2 Å². The third-order valence-electron chi connectivity index (χ3n) is 4.51. The van der Waals surface area contributed by atoms with Crippen molar-refractivity contribution in [1.82, 2.24) is 10.6 Å². The largest absolute Gasteiger partial charge is 0.483 e. The third kappa shape index (κ3) is 5.28. The standard InChI is InChI=1S/C21H24F2N2O3/c1-4-13(2)15-7-5-6-8-18(15)28-12-19(26)25-20(21(27)24-3)14-9-10-16(22)17(23)11-14/h5-11,13,20H,4,12H2,1-3H3,(H,24,27)(H,25,26). The molecule has 2 unspecified atom stereocenters. The van der Waals surface area contributed by atoms with Gasteiger partial charge in [0.1, 0.15) is 11.8 Å². The molecule has 0 spiro atoms. The molecule has 0 saturated heterocycles. The average Bonchev–Trinajstić information content (AvgIpc) is 2.71. The summed E-state index contributed by atoms with van der Waals surface area (Å²) < 4.78 is 32.3. The van der Waals surface area contributed by atoms with E-state index in [4.69, 9.17) is 4.74 Å². The summed E-state index contributed by atoms with van der Waals surface area (Å²) in [6.45, 7) is 3.81. The van der Waals surface area contributed by atoms with E-state index in [9.17, 15) is 18.4 Å². The van der Waals surface area contributed by atoms with Gasteiger partial charge in [-0.3, -0.25) is 9.59 Å². The van der Waals surface area contributed by atoms with Crippen LogP contribution in [0, 0.1) is 11.6 Å². The number of halogens is 2. The molecule has 150 valence electrons. The molecular formula is C21H24F2N2O3. The highest BCUT2D eigenvalue weighted by Gasteiger charge is 2.23. The molecule has 2 aromatic rings. The van der Waals surface area contributed by atoms with Crippen molar-refractivity contribution in [3.8, 4) is 5.75 Å². The molecule has 2 amide bonds. The molecule has 2 rings (SSSR count). The van der Waals surface area contributed by atoms with Crippen molar-refractivity contribution in [3.63, 3.8) is 0 Å². The lowest BCUT2D eigenvalue weighted by Gasteiger charge is -2.19. The number of rotatable bonds is 8. The van der Waals surface area contributed by atoms with Crippen LogP contribution in [0.15, 0.2) is 42.5 Å². The number of hydrogen-bond donors (Lipinski definition) is 2. The number of amides is 2. The molecule has 28 heavy (non-hydrogen) atoms. The number of para-hydroxylation sites is 1. The average molecular weight is 390 g/mol. The van der Waals surface area contributed by atoms with E-state index in [0.29, 0.717) is 5.75 Å². The molecule has 0 radical (unpaired) electrons. The number of hydrogen-bond acceptors (Lipinski definition) is 3.